The standard InChI is InChI=1S/C13H14F3NO3/c14-13(15,16)9-2-1-3-17(7-9)12(20)8-4-10(18)6-11(19)5-8/h4-6,9,18-19H,1-3,7H2. The second-order valence-corrected chi connectivity index (χ2v) is 4.87. The Balaban J connectivity index is 2.16. The monoisotopic (exact) mass is 289 g/mol. The van der Waals surface area contributed by atoms with Gasteiger partial charge in [-0.2, -0.15) is 13.2 Å². The summed E-state index contributed by atoms with van der Waals surface area (Å²) in [5, 5.41) is 18.6. The maximum absolute atomic E-state index is 12.7. The van der Waals surface area contributed by atoms with Crippen LogP contribution in [0.2, 0.25) is 0 Å². The van der Waals surface area contributed by atoms with Crippen LogP contribution in [0, 0.1) is 5.92 Å². The number of hydrogen-bond acceptors (Lipinski definition) is 3. The number of phenols is 2. The number of alkyl halides is 3. The van der Waals surface area contributed by atoms with Gasteiger partial charge in [0.1, 0.15) is 11.5 Å². The molecule has 1 aromatic rings. The number of carbonyl (C=O) groups is 1. The van der Waals surface area contributed by atoms with Gasteiger partial charge in [0.15, 0.2) is 0 Å². The number of phenolic OH excluding ortho intramolecular Hbond substituents is 2. The number of nitrogens with zero attached hydrogens (tertiary/aromatic N) is 1. The van der Waals surface area contributed by atoms with Gasteiger partial charge in [0.25, 0.3) is 5.91 Å². The Morgan fingerprint density at radius 2 is 1.80 bits per heavy atom. The van der Waals surface area contributed by atoms with E-state index in [0.29, 0.717) is 0 Å². The zero-order valence-electron chi connectivity index (χ0n) is 10.5. The largest absolute Gasteiger partial charge is 0.508 e. The Morgan fingerprint density at radius 1 is 1.20 bits per heavy atom. The van der Waals surface area contributed by atoms with Crippen LogP contribution in [0.1, 0.15) is 23.2 Å². The first-order valence-electron chi connectivity index (χ1n) is 6.16. The van der Waals surface area contributed by atoms with E-state index in [4.69, 9.17) is 0 Å². The van der Waals surface area contributed by atoms with E-state index < -0.39 is 24.5 Å². The van der Waals surface area contributed by atoms with Crippen LogP contribution in [0.4, 0.5) is 13.2 Å². The summed E-state index contributed by atoms with van der Waals surface area (Å²) in [5.41, 5.74) is -0.0228. The average molecular weight is 289 g/mol. The molecule has 0 spiro atoms. The highest BCUT2D eigenvalue weighted by Gasteiger charge is 2.42. The molecule has 1 aliphatic heterocycles. The lowest BCUT2D eigenvalue weighted by atomic mass is 9.97. The fourth-order valence-electron chi connectivity index (χ4n) is 2.33. The molecule has 20 heavy (non-hydrogen) atoms. The van der Waals surface area contributed by atoms with Gasteiger partial charge in [-0.3, -0.25) is 4.79 Å². The third-order valence-electron chi connectivity index (χ3n) is 3.32. The lowest BCUT2D eigenvalue weighted by Gasteiger charge is -2.33. The smallest absolute Gasteiger partial charge is 0.393 e. The van der Waals surface area contributed by atoms with Gasteiger partial charge in [-0.25, -0.2) is 0 Å². The van der Waals surface area contributed by atoms with Crippen molar-refractivity contribution in [2.45, 2.75) is 19.0 Å². The zero-order chi connectivity index (χ0) is 14.9. The third-order valence-corrected chi connectivity index (χ3v) is 3.32. The van der Waals surface area contributed by atoms with Crippen molar-refractivity contribution in [3.63, 3.8) is 0 Å². The van der Waals surface area contributed by atoms with E-state index in [9.17, 15) is 28.2 Å². The van der Waals surface area contributed by atoms with E-state index in [1.54, 1.807) is 0 Å². The zero-order valence-corrected chi connectivity index (χ0v) is 10.5. The predicted molar refractivity (Wildman–Crippen MR) is 64.5 cm³/mol. The predicted octanol–water partition coefficient (Wildman–Crippen LogP) is 2.51. The SMILES string of the molecule is O=C(c1cc(O)cc(O)c1)N1CCCC(C(F)(F)F)C1. The molecule has 1 aliphatic rings. The van der Waals surface area contributed by atoms with Gasteiger partial charge >= 0.3 is 6.18 Å². The molecule has 1 aromatic carbocycles. The molecule has 4 nitrogen and oxygen atoms in total. The molecule has 0 radical (unpaired) electrons. The van der Waals surface area contributed by atoms with Crippen molar-refractivity contribution in [3.05, 3.63) is 23.8 Å². The summed E-state index contributed by atoms with van der Waals surface area (Å²) in [6, 6.07) is 3.30. The van der Waals surface area contributed by atoms with E-state index in [0.717, 1.165) is 23.1 Å². The normalized spacial score (nSPS) is 19.9. The topological polar surface area (TPSA) is 60.8 Å². The molecule has 0 saturated carbocycles. The molecule has 1 amide bonds. The van der Waals surface area contributed by atoms with E-state index in [2.05, 4.69) is 0 Å². The van der Waals surface area contributed by atoms with Gasteiger partial charge in [-0.15, -0.1) is 0 Å². The second kappa shape index (κ2) is 5.22. The number of rotatable bonds is 1. The van der Waals surface area contributed by atoms with Gasteiger partial charge in [-0.05, 0) is 25.0 Å². The number of hydrogen-bond donors (Lipinski definition) is 2. The molecule has 1 heterocycles. The van der Waals surface area contributed by atoms with E-state index in [-0.39, 0.29) is 36.4 Å². The van der Waals surface area contributed by atoms with Crippen molar-refractivity contribution < 1.29 is 28.2 Å². The van der Waals surface area contributed by atoms with Crippen molar-refractivity contribution in [1.29, 1.82) is 0 Å². The van der Waals surface area contributed by atoms with Crippen molar-refractivity contribution in [3.8, 4) is 11.5 Å². The summed E-state index contributed by atoms with van der Waals surface area (Å²) in [6.45, 7) is -0.152. The molecule has 2 N–H and O–H groups in total. The maximum atomic E-state index is 12.7. The van der Waals surface area contributed by atoms with Crippen molar-refractivity contribution in [2.24, 2.45) is 5.92 Å². The van der Waals surface area contributed by atoms with Crippen LogP contribution in [-0.4, -0.2) is 40.3 Å². The number of halogens is 3. The summed E-state index contributed by atoms with van der Waals surface area (Å²) < 4.78 is 38.1. The lowest BCUT2D eigenvalue weighted by molar-refractivity contribution is -0.184. The summed E-state index contributed by atoms with van der Waals surface area (Å²) in [5.74, 6) is -2.76. The summed E-state index contributed by atoms with van der Waals surface area (Å²) in [7, 11) is 0. The Bertz CT molecular complexity index is 496. The van der Waals surface area contributed by atoms with Gasteiger partial charge < -0.3 is 15.1 Å². The highest BCUT2D eigenvalue weighted by atomic mass is 19.4. The fraction of sp³-hybridized carbons (Fsp3) is 0.462. The Labute approximate surface area is 113 Å². The highest BCUT2D eigenvalue weighted by molar-refractivity contribution is 5.95. The molecule has 1 unspecified atom stereocenters. The summed E-state index contributed by atoms with van der Waals surface area (Å²) >= 11 is 0. The minimum absolute atomic E-state index is 0.0125. The Hall–Kier alpha value is -1.92. The first-order valence-corrected chi connectivity index (χ1v) is 6.16. The molecule has 1 saturated heterocycles. The highest BCUT2D eigenvalue weighted by Crippen LogP contribution is 2.33. The first kappa shape index (κ1) is 14.5. The Kier molecular flexibility index (Phi) is 3.78. The molecule has 1 fully saturated rings. The van der Waals surface area contributed by atoms with Gasteiger partial charge in [0.2, 0.25) is 0 Å². The number of benzene rings is 1. The van der Waals surface area contributed by atoms with Crippen LogP contribution in [-0.2, 0) is 0 Å². The van der Waals surface area contributed by atoms with Crippen LogP contribution in [0.15, 0.2) is 18.2 Å². The van der Waals surface area contributed by atoms with E-state index in [1.807, 2.05) is 0 Å². The van der Waals surface area contributed by atoms with E-state index >= 15 is 0 Å². The van der Waals surface area contributed by atoms with Crippen LogP contribution >= 0.6 is 0 Å². The van der Waals surface area contributed by atoms with Crippen LogP contribution in [0.5, 0.6) is 11.5 Å². The molecule has 0 aliphatic carbocycles. The maximum Gasteiger partial charge on any atom is 0.393 e. The second-order valence-electron chi connectivity index (χ2n) is 4.87. The van der Waals surface area contributed by atoms with Crippen LogP contribution in [0.25, 0.3) is 0 Å². The Morgan fingerprint density at radius 3 is 2.35 bits per heavy atom. The minimum Gasteiger partial charge on any atom is -0.508 e. The van der Waals surface area contributed by atoms with E-state index in [1.165, 1.54) is 0 Å². The number of carbonyl (C=O) groups excluding carboxylic acids is 1. The fourth-order valence-corrected chi connectivity index (χ4v) is 2.33. The van der Waals surface area contributed by atoms with Gasteiger partial charge in [0.05, 0.1) is 5.92 Å². The minimum atomic E-state index is -4.32. The molecule has 110 valence electrons. The lowest BCUT2D eigenvalue weighted by Crippen LogP contribution is -2.44. The number of piperidine rings is 1. The van der Waals surface area contributed by atoms with Crippen LogP contribution < -0.4 is 0 Å². The van der Waals surface area contributed by atoms with Gasteiger partial charge in [-0.1, -0.05) is 0 Å². The average Bonchev–Trinajstić information content (AvgIpc) is 2.36. The van der Waals surface area contributed by atoms with Crippen molar-refractivity contribution in [2.75, 3.05) is 13.1 Å². The summed E-state index contributed by atoms with van der Waals surface area (Å²) in [6.07, 6.45) is -4.03. The molecular formula is C13H14F3NO3. The van der Waals surface area contributed by atoms with Crippen molar-refractivity contribution in [1.82, 2.24) is 4.90 Å². The molecule has 0 aromatic heterocycles. The number of amides is 1. The molecule has 7 heteroatoms. The van der Waals surface area contributed by atoms with Crippen molar-refractivity contribution >= 4 is 5.91 Å². The molecular weight excluding hydrogens is 275 g/mol. The molecule has 2 rings (SSSR count). The van der Waals surface area contributed by atoms with Gasteiger partial charge in [0, 0.05) is 24.7 Å². The molecule has 1 atom stereocenters. The first-order chi connectivity index (χ1) is 9.27. The molecule has 0 bridgehead atoms. The quantitative estimate of drug-likeness (QED) is 0.835. The number of aromatic hydroxyl groups is 2. The van der Waals surface area contributed by atoms with Crippen LogP contribution in [0.3, 0.4) is 0 Å². The third kappa shape index (κ3) is 3.15. The summed E-state index contributed by atoms with van der Waals surface area (Å²) in [4.78, 5) is 13.2. The number of likely N-dealkylation sites (tertiary alicyclic amines) is 1.